The van der Waals surface area contributed by atoms with Gasteiger partial charge in [0.25, 0.3) is 0 Å². The van der Waals surface area contributed by atoms with Crippen LogP contribution in [-0.2, 0) is 0 Å². The first-order valence-electron chi connectivity index (χ1n) is 4.75. The molecule has 2 rings (SSSR count). The topological polar surface area (TPSA) is 26.0 Å². The molecule has 2 unspecified atom stereocenters. The Balaban J connectivity index is 2.16. The van der Waals surface area contributed by atoms with E-state index in [2.05, 4.69) is 6.92 Å². The summed E-state index contributed by atoms with van der Waals surface area (Å²) in [6.07, 6.45) is 6.82. The molecule has 0 saturated carbocycles. The molecule has 0 aromatic rings. The molecule has 0 aliphatic heterocycles. The monoisotopic (exact) mass is 151 g/mol. The molecule has 1 heteroatoms. The van der Waals surface area contributed by atoms with E-state index in [4.69, 9.17) is 5.73 Å². The normalized spacial score (nSPS) is 32.7. The molecule has 2 aliphatic carbocycles. The Labute approximate surface area is 68.7 Å². The quantitative estimate of drug-likeness (QED) is 0.571. The third-order valence-corrected chi connectivity index (χ3v) is 3.23. The smallest absolute Gasteiger partial charge is 0.00761 e. The van der Waals surface area contributed by atoms with Crippen molar-refractivity contribution in [1.82, 2.24) is 0 Å². The van der Waals surface area contributed by atoms with Crippen LogP contribution < -0.4 is 5.73 Å². The van der Waals surface area contributed by atoms with Crippen molar-refractivity contribution in [1.29, 1.82) is 0 Å². The van der Waals surface area contributed by atoms with Gasteiger partial charge in [-0.1, -0.05) is 11.1 Å². The van der Waals surface area contributed by atoms with Crippen LogP contribution in [0, 0.1) is 5.92 Å². The highest BCUT2D eigenvalue weighted by molar-refractivity contribution is 5.29. The van der Waals surface area contributed by atoms with Crippen LogP contribution in [0.2, 0.25) is 0 Å². The van der Waals surface area contributed by atoms with Gasteiger partial charge in [-0.25, -0.2) is 0 Å². The molecule has 62 valence electrons. The second kappa shape index (κ2) is 2.63. The summed E-state index contributed by atoms with van der Waals surface area (Å²) in [6, 6.07) is 0.389. The van der Waals surface area contributed by atoms with Crippen LogP contribution in [0.3, 0.4) is 0 Å². The van der Waals surface area contributed by atoms with Gasteiger partial charge in [-0.2, -0.15) is 0 Å². The van der Waals surface area contributed by atoms with Gasteiger partial charge in [-0.05, 0) is 44.9 Å². The lowest BCUT2D eigenvalue weighted by Gasteiger charge is -2.37. The van der Waals surface area contributed by atoms with Crippen molar-refractivity contribution >= 4 is 0 Å². The molecule has 0 fully saturated rings. The van der Waals surface area contributed by atoms with Gasteiger partial charge in [-0.3, -0.25) is 0 Å². The Kier molecular flexibility index (Phi) is 1.76. The Bertz CT molecular complexity index is 191. The zero-order valence-corrected chi connectivity index (χ0v) is 7.27. The van der Waals surface area contributed by atoms with Crippen molar-refractivity contribution in [3.63, 3.8) is 0 Å². The minimum atomic E-state index is 0.389. The number of allylic oxidation sites excluding steroid dienone is 1. The number of hydrogen-bond acceptors (Lipinski definition) is 1. The molecular formula is C10H17N. The lowest BCUT2D eigenvalue weighted by atomic mass is 9.70. The minimum absolute atomic E-state index is 0.389. The zero-order valence-electron chi connectivity index (χ0n) is 7.27. The SMILES string of the molecule is CC(N)C1CCCC2=C1CC2. The van der Waals surface area contributed by atoms with Crippen molar-refractivity contribution in [3.05, 3.63) is 11.1 Å². The van der Waals surface area contributed by atoms with Gasteiger partial charge in [0.1, 0.15) is 0 Å². The molecule has 2 aliphatic rings. The van der Waals surface area contributed by atoms with Crippen LogP contribution >= 0.6 is 0 Å². The predicted molar refractivity (Wildman–Crippen MR) is 47.3 cm³/mol. The molecule has 11 heavy (non-hydrogen) atoms. The highest BCUT2D eigenvalue weighted by Gasteiger charge is 2.30. The van der Waals surface area contributed by atoms with Gasteiger partial charge in [-0.15, -0.1) is 0 Å². The van der Waals surface area contributed by atoms with Crippen molar-refractivity contribution in [2.45, 2.75) is 45.1 Å². The molecule has 0 spiro atoms. The van der Waals surface area contributed by atoms with Gasteiger partial charge in [0, 0.05) is 6.04 Å². The van der Waals surface area contributed by atoms with E-state index in [9.17, 15) is 0 Å². The summed E-state index contributed by atoms with van der Waals surface area (Å²) in [6.45, 7) is 2.15. The fourth-order valence-corrected chi connectivity index (χ4v) is 2.47. The molecule has 0 amide bonds. The average Bonchev–Trinajstić information content (AvgIpc) is 1.90. The van der Waals surface area contributed by atoms with Gasteiger partial charge in [0.05, 0.1) is 0 Å². The second-order valence-electron chi connectivity index (χ2n) is 3.99. The first kappa shape index (κ1) is 7.35. The molecule has 0 aromatic carbocycles. The standard InChI is InChI=1S/C10H17N/c1-7(11)9-4-2-3-8-5-6-10(8)9/h7,9H,2-6,11H2,1H3. The summed E-state index contributed by atoms with van der Waals surface area (Å²) >= 11 is 0. The number of rotatable bonds is 1. The zero-order chi connectivity index (χ0) is 7.84. The minimum Gasteiger partial charge on any atom is -0.327 e. The third-order valence-electron chi connectivity index (χ3n) is 3.23. The molecule has 2 N–H and O–H groups in total. The van der Waals surface area contributed by atoms with E-state index in [1.807, 2.05) is 0 Å². The highest BCUT2D eigenvalue weighted by Crippen LogP contribution is 2.43. The van der Waals surface area contributed by atoms with E-state index >= 15 is 0 Å². The lowest BCUT2D eigenvalue weighted by molar-refractivity contribution is 0.389. The van der Waals surface area contributed by atoms with E-state index in [0.717, 1.165) is 5.92 Å². The number of hydrogen-bond donors (Lipinski definition) is 1. The molecule has 0 radical (unpaired) electrons. The van der Waals surface area contributed by atoms with E-state index in [0.29, 0.717) is 6.04 Å². The first-order chi connectivity index (χ1) is 5.29. The molecule has 0 saturated heterocycles. The van der Waals surface area contributed by atoms with Crippen LogP contribution in [0.15, 0.2) is 11.1 Å². The highest BCUT2D eigenvalue weighted by atomic mass is 14.6. The summed E-state index contributed by atoms with van der Waals surface area (Å²) < 4.78 is 0. The maximum absolute atomic E-state index is 5.92. The summed E-state index contributed by atoms with van der Waals surface area (Å²) in [5.74, 6) is 0.743. The van der Waals surface area contributed by atoms with Gasteiger partial charge >= 0.3 is 0 Å². The maximum atomic E-state index is 5.92. The van der Waals surface area contributed by atoms with Gasteiger partial charge < -0.3 is 5.73 Å². The molecule has 1 nitrogen and oxygen atoms in total. The Morgan fingerprint density at radius 1 is 1.36 bits per heavy atom. The van der Waals surface area contributed by atoms with Crippen molar-refractivity contribution in [3.8, 4) is 0 Å². The van der Waals surface area contributed by atoms with Crippen LogP contribution in [0.5, 0.6) is 0 Å². The van der Waals surface area contributed by atoms with E-state index in [-0.39, 0.29) is 0 Å². The predicted octanol–water partition coefficient (Wildman–Crippen LogP) is 2.22. The molecule has 0 bridgehead atoms. The average molecular weight is 151 g/mol. The second-order valence-corrected chi connectivity index (χ2v) is 3.99. The molecule has 0 heterocycles. The largest absolute Gasteiger partial charge is 0.327 e. The summed E-state index contributed by atoms with van der Waals surface area (Å²) in [5.41, 5.74) is 9.40. The van der Waals surface area contributed by atoms with Crippen molar-refractivity contribution in [2.75, 3.05) is 0 Å². The molecular weight excluding hydrogens is 134 g/mol. The summed E-state index contributed by atoms with van der Waals surface area (Å²) in [5, 5.41) is 0. The van der Waals surface area contributed by atoms with E-state index < -0.39 is 0 Å². The van der Waals surface area contributed by atoms with Gasteiger partial charge in [0.2, 0.25) is 0 Å². The van der Waals surface area contributed by atoms with E-state index in [1.165, 1.54) is 32.1 Å². The van der Waals surface area contributed by atoms with Crippen LogP contribution in [0.1, 0.15) is 39.0 Å². The summed E-state index contributed by atoms with van der Waals surface area (Å²) in [4.78, 5) is 0. The summed E-state index contributed by atoms with van der Waals surface area (Å²) in [7, 11) is 0. The van der Waals surface area contributed by atoms with Crippen molar-refractivity contribution < 1.29 is 0 Å². The Morgan fingerprint density at radius 2 is 2.18 bits per heavy atom. The van der Waals surface area contributed by atoms with Crippen LogP contribution in [0.4, 0.5) is 0 Å². The first-order valence-corrected chi connectivity index (χ1v) is 4.75. The van der Waals surface area contributed by atoms with Crippen LogP contribution in [0.25, 0.3) is 0 Å². The maximum Gasteiger partial charge on any atom is 0.00761 e. The lowest BCUT2D eigenvalue weighted by Crippen LogP contribution is -2.33. The fourth-order valence-electron chi connectivity index (χ4n) is 2.47. The third kappa shape index (κ3) is 1.12. The number of nitrogens with two attached hydrogens (primary N) is 1. The van der Waals surface area contributed by atoms with Crippen LogP contribution in [-0.4, -0.2) is 6.04 Å². The van der Waals surface area contributed by atoms with Gasteiger partial charge in [0.15, 0.2) is 0 Å². The molecule has 0 aromatic heterocycles. The van der Waals surface area contributed by atoms with E-state index in [1.54, 1.807) is 11.1 Å². The molecule has 2 atom stereocenters. The Morgan fingerprint density at radius 3 is 2.64 bits per heavy atom. The van der Waals surface area contributed by atoms with Crippen molar-refractivity contribution in [2.24, 2.45) is 11.7 Å². The fraction of sp³-hybridized carbons (Fsp3) is 0.800. The Hall–Kier alpha value is -0.300.